The van der Waals surface area contributed by atoms with Gasteiger partial charge in [-0.2, -0.15) is 0 Å². The highest BCUT2D eigenvalue weighted by Gasteiger charge is 2.23. The quantitative estimate of drug-likeness (QED) is 0.144. The van der Waals surface area contributed by atoms with Crippen molar-refractivity contribution in [3.63, 3.8) is 0 Å². The van der Waals surface area contributed by atoms with Crippen molar-refractivity contribution in [1.29, 1.82) is 0 Å². The third-order valence-corrected chi connectivity index (χ3v) is 9.12. The number of rotatable bonds is 10. The highest BCUT2D eigenvalue weighted by Crippen LogP contribution is 2.46. The van der Waals surface area contributed by atoms with Crippen LogP contribution in [-0.4, -0.2) is 13.1 Å². The number of hydrogen-bond acceptors (Lipinski definition) is 5. The number of esters is 1. The number of fused-ring (bicyclic) bond motifs is 1. The summed E-state index contributed by atoms with van der Waals surface area (Å²) in [5, 5.41) is 1.74. The van der Waals surface area contributed by atoms with Crippen LogP contribution in [0.1, 0.15) is 32.6 Å². The second-order valence-corrected chi connectivity index (χ2v) is 11.9. The molecule has 0 N–H and O–H groups in total. The molecule has 0 bridgehead atoms. The molecule has 0 aromatic heterocycles. The number of hydrogen-bond donors (Lipinski definition) is 0. The molecule has 0 fully saturated rings. The van der Waals surface area contributed by atoms with Gasteiger partial charge in [0.05, 0.1) is 17.6 Å². The van der Waals surface area contributed by atoms with E-state index >= 15 is 0 Å². The lowest BCUT2D eigenvalue weighted by Gasteiger charge is -2.20. The number of ether oxygens (including phenoxy) is 3. The summed E-state index contributed by atoms with van der Waals surface area (Å²) in [5.41, 5.74) is 6.48. The molecule has 224 valence electrons. The molecular weight excluding hydrogens is 577 g/mol. The minimum absolute atomic E-state index is 0.169. The summed E-state index contributed by atoms with van der Waals surface area (Å²) in [6, 6.07) is 42.0. The van der Waals surface area contributed by atoms with E-state index in [1.165, 1.54) is 16.0 Å². The molecule has 0 aliphatic rings. The number of carbonyl (C=O) groups excluding carboxylic acids is 1. The van der Waals surface area contributed by atoms with Crippen LogP contribution in [0.2, 0.25) is 0 Å². The molecule has 5 heteroatoms. The van der Waals surface area contributed by atoms with Crippen molar-refractivity contribution < 1.29 is 19.0 Å². The maximum atomic E-state index is 14.0. The third-order valence-electron chi connectivity index (χ3n) is 7.74. The summed E-state index contributed by atoms with van der Waals surface area (Å²) < 4.78 is 18.4. The Balaban J connectivity index is 1.55. The first-order valence-corrected chi connectivity index (χ1v) is 15.7. The number of aryl methyl sites for hydroxylation is 2. The van der Waals surface area contributed by atoms with Gasteiger partial charge < -0.3 is 14.2 Å². The van der Waals surface area contributed by atoms with Crippen LogP contribution in [0.15, 0.2) is 137 Å². The van der Waals surface area contributed by atoms with E-state index in [2.05, 4.69) is 38.1 Å². The summed E-state index contributed by atoms with van der Waals surface area (Å²) in [6.07, 6.45) is 0. The zero-order valence-electron chi connectivity index (χ0n) is 25.6. The van der Waals surface area contributed by atoms with Crippen molar-refractivity contribution in [3.8, 4) is 22.6 Å². The average Bonchev–Trinajstić information content (AvgIpc) is 3.08. The molecule has 45 heavy (non-hydrogen) atoms. The lowest BCUT2D eigenvalue weighted by molar-refractivity contribution is 0.0473. The van der Waals surface area contributed by atoms with Crippen LogP contribution in [0.3, 0.4) is 0 Å². The predicted molar refractivity (Wildman–Crippen MR) is 182 cm³/mol. The summed E-state index contributed by atoms with van der Waals surface area (Å²) in [5.74, 6) is 0.907. The third kappa shape index (κ3) is 6.74. The molecule has 0 heterocycles. The Morgan fingerprint density at radius 1 is 0.644 bits per heavy atom. The molecular formula is C40H34O4S. The van der Waals surface area contributed by atoms with Gasteiger partial charge in [-0.15, -0.1) is 0 Å². The molecule has 0 amide bonds. The molecule has 6 aromatic rings. The Kier molecular flexibility index (Phi) is 9.18. The van der Waals surface area contributed by atoms with E-state index in [4.69, 9.17) is 14.2 Å². The van der Waals surface area contributed by atoms with Gasteiger partial charge in [0.1, 0.15) is 24.7 Å². The van der Waals surface area contributed by atoms with Crippen LogP contribution in [-0.2, 0) is 18.0 Å². The van der Waals surface area contributed by atoms with Crippen LogP contribution in [0, 0.1) is 13.8 Å². The lowest BCUT2D eigenvalue weighted by Crippen LogP contribution is -2.09. The highest BCUT2D eigenvalue weighted by molar-refractivity contribution is 7.99. The standard InChI is InChI=1S/C40H34O4S/c1-27-14-13-15-28(2)39(27)45-37-24-33-32(22-36(37)42-3)35(43-25-29-16-7-4-8-17-29)23-34(38(33)31-20-11-6-12-21-31)40(41)44-26-30-18-9-5-10-19-30/h4-24H,25-26H2,1-3H3. The predicted octanol–water partition coefficient (Wildman–Crippen LogP) is 10.2. The topological polar surface area (TPSA) is 44.8 Å². The largest absolute Gasteiger partial charge is 0.496 e. The van der Waals surface area contributed by atoms with Gasteiger partial charge >= 0.3 is 5.97 Å². The fourth-order valence-electron chi connectivity index (χ4n) is 5.44. The zero-order valence-corrected chi connectivity index (χ0v) is 26.4. The van der Waals surface area contributed by atoms with E-state index < -0.39 is 5.97 Å². The molecule has 0 spiro atoms. The fraction of sp³-hybridized carbons (Fsp3) is 0.125. The smallest absolute Gasteiger partial charge is 0.339 e. The molecule has 0 unspecified atom stereocenters. The Morgan fingerprint density at radius 2 is 1.24 bits per heavy atom. The van der Waals surface area contributed by atoms with Crippen molar-refractivity contribution >= 4 is 28.5 Å². The normalized spacial score (nSPS) is 10.9. The van der Waals surface area contributed by atoms with Gasteiger partial charge in [0.2, 0.25) is 0 Å². The first-order valence-electron chi connectivity index (χ1n) is 14.9. The summed E-state index contributed by atoms with van der Waals surface area (Å²) >= 11 is 1.67. The first kappa shape index (κ1) is 30.0. The van der Waals surface area contributed by atoms with Gasteiger partial charge in [0.25, 0.3) is 0 Å². The van der Waals surface area contributed by atoms with Gasteiger partial charge in [-0.3, -0.25) is 0 Å². The van der Waals surface area contributed by atoms with Crippen LogP contribution >= 0.6 is 11.8 Å². The van der Waals surface area contributed by atoms with E-state index in [-0.39, 0.29) is 6.61 Å². The number of carbonyl (C=O) groups is 1. The molecule has 0 saturated carbocycles. The Morgan fingerprint density at radius 3 is 1.87 bits per heavy atom. The van der Waals surface area contributed by atoms with Gasteiger partial charge in [-0.1, -0.05) is 121 Å². The SMILES string of the molecule is COc1cc2c(OCc3ccccc3)cc(C(=O)OCc3ccccc3)c(-c3ccccc3)c2cc1Sc1c(C)cccc1C. The van der Waals surface area contributed by atoms with Gasteiger partial charge in [-0.05, 0) is 65.3 Å². The minimum Gasteiger partial charge on any atom is -0.496 e. The fourth-order valence-corrected chi connectivity index (χ4v) is 6.54. The van der Waals surface area contributed by atoms with E-state index in [1.807, 2.05) is 103 Å². The van der Waals surface area contributed by atoms with E-state index in [1.54, 1.807) is 18.9 Å². The van der Waals surface area contributed by atoms with Gasteiger partial charge in [0, 0.05) is 15.8 Å². The Hall–Kier alpha value is -5.00. The van der Waals surface area contributed by atoms with Crippen molar-refractivity contribution in [3.05, 3.63) is 155 Å². The lowest BCUT2D eigenvalue weighted by atomic mass is 9.92. The first-order chi connectivity index (χ1) is 22.0. The Labute approximate surface area is 268 Å². The van der Waals surface area contributed by atoms with Crippen LogP contribution in [0.4, 0.5) is 0 Å². The van der Waals surface area contributed by atoms with Crippen LogP contribution in [0.5, 0.6) is 11.5 Å². The van der Waals surface area contributed by atoms with Crippen molar-refractivity contribution in [2.24, 2.45) is 0 Å². The Bertz CT molecular complexity index is 1920. The van der Waals surface area contributed by atoms with Crippen LogP contribution in [0.25, 0.3) is 21.9 Å². The molecule has 0 saturated heterocycles. The van der Waals surface area contributed by atoms with Crippen molar-refractivity contribution in [2.75, 3.05) is 7.11 Å². The van der Waals surface area contributed by atoms with Gasteiger partial charge in [-0.25, -0.2) is 4.79 Å². The number of benzene rings is 6. The second-order valence-electron chi connectivity index (χ2n) is 10.9. The maximum Gasteiger partial charge on any atom is 0.339 e. The monoisotopic (exact) mass is 610 g/mol. The van der Waals surface area contributed by atoms with Crippen molar-refractivity contribution in [1.82, 2.24) is 0 Å². The zero-order chi connectivity index (χ0) is 31.2. The van der Waals surface area contributed by atoms with E-state index in [9.17, 15) is 4.79 Å². The molecule has 0 radical (unpaired) electrons. The summed E-state index contributed by atoms with van der Waals surface area (Å²) in [6.45, 7) is 4.76. The van der Waals surface area contributed by atoms with Gasteiger partial charge in [0.15, 0.2) is 0 Å². The average molecular weight is 611 g/mol. The molecule has 6 rings (SSSR count). The molecule has 0 atom stereocenters. The molecule has 0 aliphatic heterocycles. The minimum atomic E-state index is -0.413. The molecule has 6 aromatic carbocycles. The molecule has 0 aliphatic carbocycles. The summed E-state index contributed by atoms with van der Waals surface area (Å²) in [4.78, 5) is 16.1. The number of methoxy groups -OCH3 is 1. The second kappa shape index (κ2) is 13.7. The highest BCUT2D eigenvalue weighted by atomic mass is 32.2. The van der Waals surface area contributed by atoms with Crippen LogP contribution < -0.4 is 9.47 Å². The van der Waals surface area contributed by atoms with Crippen molar-refractivity contribution in [2.45, 2.75) is 36.9 Å². The summed E-state index contributed by atoms with van der Waals surface area (Å²) in [7, 11) is 1.69. The van der Waals surface area contributed by atoms with E-state index in [0.717, 1.165) is 43.7 Å². The molecule has 4 nitrogen and oxygen atoms in total. The van der Waals surface area contributed by atoms with E-state index in [0.29, 0.717) is 17.9 Å². The maximum absolute atomic E-state index is 14.0.